The van der Waals surface area contributed by atoms with Crippen LogP contribution >= 0.6 is 0 Å². The Labute approximate surface area is 150 Å². The van der Waals surface area contributed by atoms with Crippen molar-refractivity contribution in [2.24, 2.45) is 0 Å². The van der Waals surface area contributed by atoms with E-state index in [1.807, 2.05) is 27.7 Å². The summed E-state index contributed by atoms with van der Waals surface area (Å²) in [5, 5.41) is 0. The molecule has 1 heterocycles. The summed E-state index contributed by atoms with van der Waals surface area (Å²) in [6.07, 6.45) is 0.838. The van der Waals surface area contributed by atoms with Gasteiger partial charge in [-0.05, 0) is 58.2 Å². The molecule has 1 aromatic rings. The normalized spacial score (nSPS) is 19.5. The fourth-order valence-corrected chi connectivity index (χ4v) is 3.22. The Bertz CT molecular complexity index is 617. The number of rotatable bonds is 6. The van der Waals surface area contributed by atoms with Crippen molar-refractivity contribution in [2.45, 2.75) is 64.5 Å². The van der Waals surface area contributed by atoms with E-state index in [9.17, 15) is 13.3 Å². The predicted molar refractivity (Wildman–Crippen MR) is 93.7 cm³/mol. The van der Waals surface area contributed by atoms with Crippen LogP contribution in [0.15, 0.2) is 29.7 Å². The molecule has 0 aliphatic carbocycles. The van der Waals surface area contributed by atoms with Gasteiger partial charge in [-0.15, -0.1) is 4.72 Å². The van der Waals surface area contributed by atoms with Gasteiger partial charge in [-0.3, -0.25) is 0 Å². The molecule has 0 radical (unpaired) electrons. The topological polar surface area (TPSA) is 53.5 Å². The zero-order valence-corrected chi connectivity index (χ0v) is 16.0. The van der Waals surface area contributed by atoms with Crippen molar-refractivity contribution in [3.05, 3.63) is 46.9 Å². The predicted octanol–water partition coefficient (Wildman–Crippen LogP) is 4.46. The van der Waals surface area contributed by atoms with E-state index in [1.165, 1.54) is 12.1 Å². The average Bonchev–Trinajstić information content (AvgIpc) is 2.45. The Morgan fingerprint density at radius 3 is 2.28 bits per heavy atom. The van der Waals surface area contributed by atoms with Crippen molar-refractivity contribution < 1.29 is 22.8 Å². The third-order valence-electron chi connectivity index (χ3n) is 3.80. The highest BCUT2D eigenvalue weighted by molar-refractivity contribution is 7.90. The summed E-state index contributed by atoms with van der Waals surface area (Å²) >= 11 is -1.37. The lowest BCUT2D eigenvalue weighted by atomic mass is 10.00. The molecule has 0 saturated carbocycles. The highest BCUT2D eigenvalue weighted by Gasteiger charge is 2.31. The van der Waals surface area contributed by atoms with Crippen LogP contribution in [-0.2, 0) is 20.8 Å². The van der Waals surface area contributed by atoms with Gasteiger partial charge >= 0.3 is 0 Å². The Balaban J connectivity index is 2.15. The van der Waals surface area contributed by atoms with E-state index in [1.54, 1.807) is 6.92 Å². The summed E-state index contributed by atoms with van der Waals surface area (Å²) in [6, 6.07) is 2.90. The molecule has 0 unspecified atom stereocenters. The molecule has 140 valence electrons. The molecule has 7 heteroatoms. The van der Waals surface area contributed by atoms with Gasteiger partial charge in [0.2, 0.25) is 6.29 Å². The molecule has 1 aliphatic heterocycles. The molecular weight excluding hydrogens is 348 g/mol. The number of hydrogen-bond acceptors (Lipinski definition) is 4. The van der Waals surface area contributed by atoms with Crippen LogP contribution in [0.1, 0.15) is 59.1 Å². The summed E-state index contributed by atoms with van der Waals surface area (Å²) in [5.41, 5.74) is 1.33. The standard InChI is InChI=1S/C18H25F2NO3S/c1-11(17-23-12(2)24-17)6-7-16(21-25(22)18(3,4)5)13-8-14(19)10-15(20)9-13/h8-10,12,16,21H,6-7H2,1-5H3/t12?,16-,25-/m0/s1. The number of nitrogens with one attached hydrogen (secondary N) is 1. The third kappa shape index (κ3) is 5.59. The van der Waals surface area contributed by atoms with Crippen LogP contribution < -0.4 is 4.72 Å². The van der Waals surface area contributed by atoms with Gasteiger partial charge in [-0.1, -0.05) is 0 Å². The zero-order valence-electron chi connectivity index (χ0n) is 15.2. The smallest absolute Gasteiger partial charge is 0.284 e. The van der Waals surface area contributed by atoms with Gasteiger partial charge in [0.25, 0.3) is 5.95 Å². The van der Waals surface area contributed by atoms with Gasteiger partial charge < -0.3 is 14.0 Å². The lowest BCUT2D eigenvalue weighted by Crippen LogP contribution is -2.41. The first-order valence-electron chi connectivity index (χ1n) is 8.23. The summed E-state index contributed by atoms with van der Waals surface area (Å²) < 4.78 is 52.9. The molecule has 2 atom stereocenters. The third-order valence-corrected chi connectivity index (χ3v) is 5.41. The minimum Gasteiger partial charge on any atom is -0.598 e. The maximum absolute atomic E-state index is 13.6. The van der Waals surface area contributed by atoms with E-state index in [4.69, 9.17) is 9.47 Å². The molecule has 1 aromatic carbocycles. The summed E-state index contributed by atoms with van der Waals surface area (Å²) in [6.45, 7) is 9.19. The molecule has 1 N–H and O–H groups in total. The van der Waals surface area contributed by atoms with Crippen molar-refractivity contribution in [3.8, 4) is 0 Å². The summed E-state index contributed by atoms with van der Waals surface area (Å²) in [4.78, 5) is 0. The van der Waals surface area contributed by atoms with Crippen molar-refractivity contribution in [1.82, 2.24) is 4.72 Å². The molecule has 0 aromatic heterocycles. The summed E-state index contributed by atoms with van der Waals surface area (Å²) in [5.74, 6) is -0.815. The van der Waals surface area contributed by atoms with Crippen LogP contribution in [0.3, 0.4) is 0 Å². The molecule has 0 bridgehead atoms. The molecule has 1 fully saturated rings. The Kier molecular flexibility index (Phi) is 6.35. The minimum atomic E-state index is -1.37. The highest BCUT2D eigenvalue weighted by Crippen LogP contribution is 2.30. The number of benzene rings is 1. The van der Waals surface area contributed by atoms with E-state index >= 15 is 0 Å². The number of allylic oxidation sites excluding steroid dienone is 1. The van der Waals surface area contributed by atoms with Crippen LogP contribution in [0.5, 0.6) is 0 Å². The maximum atomic E-state index is 13.6. The molecular formula is C18H25F2NO3S. The van der Waals surface area contributed by atoms with Gasteiger partial charge in [-0.25, -0.2) is 8.78 Å². The molecule has 2 rings (SSSR count). The summed E-state index contributed by atoms with van der Waals surface area (Å²) in [7, 11) is 0. The maximum Gasteiger partial charge on any atom is 0.284 e. The Morgan fingerprint density at radius 2 is 1.80 bits per heavy atom. The second-order valence-electron chi connectivity index (χ2n) is 7.16. The van der Waals surface area contributed by atoms with Crippen molar-refractivity contribution in [1.29, 1.82) is 0 Å². The molecule has 0 spiro atoms. The van der Waals surface area contributed by atoms with Gasteiger partial charge in [0, 0.05) is 29.9 Å². The van der Waals surface area contributed by atoms with Crippen molar-refractivity contribution in [2.75, 3.05) is 0 Å². The van der Waals surface area contributed by atoms with Crippen molar-refractivity contribution >= 4 is 11.4 Å². The van der Waals surface area contributed by atoms with E-state index < -0.39 is 33.8 Å². The first-order chi connectivity index (χ1) is 11.6. The fraction of sp³-hybridized carbons (Fsp3) is 0.556. The number of ether oxygens (including phenoxy) is 2. The van der Waals surface area contributed by atoms with Gasteiger partial charge in [0.1, 0.15) is 16.4 Å². The van der Waals surface area contributed by atoms with E-state index in [2.05, 4.69) is 4.72 Å². The van der Waals surface area contributed by atoms with E-state index in [0.29, 0.717) is 24.4 Å². The zero-order chi connectivity index (χ0) is 18.8. The largest absolute Gasteiger partial charge is 0.598 e. The van der Waals surface area contributed by atoms with Crippen LogP contribution in [-0.4, -0.2) is 15.6 Å². The molecule has 1 aliphatic rings. The van der Waals surface area contributed by atoms with Gasteiger partial charge in [0.15, 0.2) is 0 Å². The van der Waals surface area contributed by atoms with Crippen LogP contribution in [0.25, 0.3) is 0 Å². The lowest BCUT2D eigenvalue weighted by molar-refractivity contribution is -0.239. The van der Waals surface area contributed by atoms with Crippen LogP contribution in [0.2, 0.25) is 0 Å². The molecule has 4 nitrogen and oxygen atoms in total. The number of halogens is 2. The highest BCUT2D eigenvalue weighted by atomic mass is 32.2. The van der Waals surface area contributed by atoms with E-state index in [-0.39, 0.29) is 6.29 Å². The quantitative estimate of drug-likeness (QED) is 0.748. The van der Waals surface area contributed by atoms with E-state index in [0.717, 1.165) is 11.6 Å². The monoisotopic (exact) mass is 373 g/mol. The number of hydrogen-bond donors (Lipinski definition) is 1. The van der Waals surface area contributed by atoms with Gasteiger partial charge in [0.05, 0.1) is 6.04 Å². The minimum absolute atomic E-state index is 0.246. The molecule has 0 amide bonds. The SMILES string of the molecule is CC(CC[C@H](N[S@@+]([O-])C(C)(C)C)c1cc(F)cc(F)c1)=C1OC(C)O1. The molecule has 25 heavy (non-hydrogen) atoms. The second-order valence-corrected chi connectivity index (χ2v) is 9.16. The van der Waals surface area contributed by atoms with Crippen molar-refractivity contribution in [3.63, 3.8) is 0 Å². The second kappa shape index (κ2) is 7.93. The van der Waals surface area contributed by atoms with Crippen LogP contribution in [0.4, 0.5) is 8.78 Å². The van der Waals surface area contributed by atoms with Crippen LogP contribution in [0, 0.1) is 11.6 Å². The van der Waals surface area contributed by atoms with Gasteiger partial charge in [-0.2, -0.15) is 0 Å². The Hall–Kier alpha value is -1.31. The lowest BCUT2D eigenvalue weighted by Gasteiger charge is -2.31. The fourth-order valence-electron chi connectivity index (χ4n) is 2.35. The Morgan fingerprint density at radius 1 is 1.24 bits per heavy atom. The molecule has 1 saturated heterocycles. The first-order valence-corrected chi connectivity index (χ1v) is 9.38. The first kappa shape index (κ1) is 20.0. The average molecular weight is 373 g/mol.